The molecule has 0 aliphatic carbocycles. The van der Waals surface area contributed by atoms with Crippen molar-refractivity contribution >= 4 is 16.0 Å². The first kappa shape index (κ1) is 24.1. The monoisotopic (exact) mass is 493 g/mol. The zero-order valence-electron chi connectivity index (χ0n) is 19.1. The maximum absolute atomic E-state index is 13.3. The molecule has 0 bridgehead atoms. The van der Waals surface area contributed by atoms with E-state index in [9.17, 15) is 13.2 Å². The summed E-state index contributed by atoms with van der Waals surface area (Å²) in [6.07, 6.45) is 0. The van der Waals surface area contributed by atoms with Crippen LogP contribution in [0.3, 0.4) is 0 Å². The number of ether oxygens (including phenoxy) is 2. The van der Waals surface area contributed by atoms with Crippen LogP contribution in [0, 0.1) is 0 Å². The number of sulfonamides is 1. The van der Waals surface area contributed by atoms with E-state index in [4.69, 9.17) is 14.0 Å². The van der Waals surface area contributed by atoms with Crippen LogP contribution in [-0.4, -0.2) is 43.0 Å². The first-order chi connectivity index (χ1) is 16.9. The fourth-order valence-electron chi connectivity index (χ4n) is 3.33. The van der Waals surface area contributed by atoms with Gasteiger partial charge in [-0.2, -0.15) is 9.29 Å². The number of esters is 1. The Morgan fingerprint density at radius 1 is 1.00 bits per heavy atom. The molecule has 0 atom stereocenters. The van der Waals surface area contributed by atoms with Crippen LogP contribution in [0.15, 0.2) is 88.3 Å². The van der Waals surface area contributed by atoms with Crippen LogP contribution in [0.4, 0.5) is 0 Å². The number of methoxy groups -OCH3 is 1. The quantitative estimate of drug-likeness (QED) is 0.323. The van der Waals surface area contributed by atoms with Gasteiger partial charge in [-0.1, -0.05) is 65.8 Å². The smallest absolute Gasteiger partial charge is 0.338 e. The molecule has 9 nitrogen and oxygen atoms in total. The fourth-order valence-corrected chi connectivity index (χ4v) is 4.66. The van der Waals surface area contributed by atoms with E-state index in [1.807, 2.05) is 60.7 Å². The summed E-state index contributed by atoms with van der Waals surface area (Å²) in [5.41, 5.74) is 1.63. The van der Waals surface area contributed by atoms with Crippen molar-refractivity contribution in [3.05, 3.63) is 95.9 Å². The molecular weight excluding hydrogens is 470 g/mol. The van der Waals surface area contributed by atoms with Crippen LogP contribution in [-0.2, 0) is 27.9 Å². The highest BCUT2D eigenvalue weighted by atomic mass is 32.2. The Bertz CT molecular complexity index is 1410. The van der Waals surface area contributed by atoms with E-state index in [1.54, 1.807) is 0 Å². The molecule has 0 fully saturated rings. The lowest BCUT2D eigenvalue weighted by molar-refractivity contribution is 0.0429. The molecule has 0 aliphatic heterocycles. The molecule has 180 valence electrons. The molecule has 4 rings (SSSR count). The first-order valence-electron chi connectivity index (χ1n) is 10.6. The number of hydrogen-bond donors (Lipinski definition) is 0. The Kier molecular flexibility index (Phi) is 7.23. The zero-order chi connectivity index (χ0) is 24.8. The van der Waals surface area contributed by atoms with Crippen molar-refractivity contribution in [1.82, 2.24) is 14.4 Å². The van der Waals surface area contributed by atoms with Gasteiger partial charge in [0.2, 0.25) is 15.8 Å². The summed E-state index contributed by atoms with van der Waals surface area (Å²) in [6, 6.07) is 22.5. The average molecular weight is 494 g/mol. The highest BCUT2D eigenvalue weighted by Gasteiger charge is 2.27. The second-order valence-electron chi connectivity index (χ2n) is 7.57. The summed E-state index contributed by atoms with van der Waals surface area (Å²) in [4.78, 5) is 16.7. The molecule has 0 aliphatic rings. The van der Waals surface area contributed by atoms with Gasteiger partial charge in [-0.3, -0.25) is 0 Å². The molecule has 0 saturated carbocycles. The Morgan fingerprint density at radius 2 is 1.69 bits per heavy atom. The molecule has 10 heteroatoms. The van der Waals surface area contributed by atoms with Gasteiger partial charge in [0, 0.05) is 19.2 Å². The SMILES string of the molecule is COc1ccc(C(=O)OCc2nc(-c3ccccc3)no2)cc1S(=O)(=O)N(C)Cc1ccccc1. The minimum absolute atomic E-state index is 0.0419. The first-order valence-corrected chi connectivity index (χ1v) is 12.1. The molecule has 4 aromatic rings. The van der Waals surface area contributed by atoms with Gasteiger partial charge in [0.05, 0.1) is 12.7 Å². The number of rotatable bonds is 9. The molecule has 1 aromatic heterocycles. The van der Waals surface area contributed by atoms with E-state index in [0.717, 1.165) is 11.1 Å². The van der Waals surface area contributed by atoms with Gasteiger partial charge < -0.3 is 14.0 Å². The summed E-state index contributed by atoms with van der Waals surface area (Å²) in [6.45, 7) is -0.109. The fraction of sp³-hybridized carbons (Fsp3) is 0.160. The van der Waals surface area contributed by atoms with E-state index in [2.05, 4.69) is 10.1 Å². The molecule has 0 saturated heterocycles. The van der Waals surface area contributed by atoms with E-state index in [0.29, 0.717) is 5.82 Å². The lowest BCUT2D eigenvalue weighted by Crippen LogP contribution is -2.27. The Morgan fingerprint density at radius 3 is 2.37 bits per heavy atom. The van der Waals surface area contributed by atoms with Crippen LogP contribution in [0.5, 0.6) is 5.75 Å². The highest BCUT2D eigenvalue weighted by Crippen LogP contribution is 2.28. The van der Waals surface area contributed by atoms with Gasteiger partial charge in [-0.25, -0.2) is 13.2 Å². The lowest BCUT2D eigenvalue weighted by atomic mass is 10.2. The summed E-state index contributed by atoms with van der Waals surface area (Å²) in [5, 5.41) is 3.88. The highest BCUT2D eigenvalue weighted by molar-refractivity contribution is 7.89. The molecule has 35 heavy (non-hydrogen) atoms. The number of carbonyl (C=O) groups is 1. The molecule has 0 spiro atoms. The maximum Gasteiger partial charge on any atom is 0.338 e. The van der Waals surface area contributed by atoms with Gasteiger partial charge in [0.15, 0.2) is 6.61 Å². The predicted octanol–water partition coefficient (Wildman–Crippen LogP) is 3.92. The van der Waals surface area contributed by atoms with Crippen molar-refractivity contribution < 1.29 is 27.2 Å². The van der Waals surface area contributed by atoms with E-state index < -0.39 is 16.0 Å². The molecule has 0 unspecified atom stereocenters. The minimum Gasteiger partial charge on any atom is -0.495 e. The Balaban J connectivity index is 1.50. The Labute approximate surface area is 203 Å². The van der Waals surface area contributed by atoms with Crippen molar-refractivity contribution in [2.45, 2.75) is 18.0 Å². The van der Waals surface area contributed by atoms with Crippen molar-refractivity contribution in [3.63, 3.8) is 0 Å². The largest absolute Gasteiger partial charge is 0.495 e. The van der Waals surface area contributed by atoms with E-state index >= 15 is 0 Å². The molecule has 3 aromatic carbocycles. The molecule has 0 radical (unpaired) electrons. The number of aromatic nitrogens is 2. The third-order valence-electron chi connectivity index (χ3n) is 5.16. The van der Waals surface area contributed by atoms with E-state index in [1.165, 1.54) is 36.7 Å². The number of nitrogens with zero attached hydrogens (tertiary/aromatic N) is 3. The van der Waals surface area contributed by atoms with Crippen LogP contribution in [0.25, 0.3) is 11.4 Å². The topological polar surface area (TPSA) is 112 Å². The second kappa shape index (κ2) is 10.5. The maximum atomic E-state index is 13.3. The van der Waals surface area contributed by atoms with E-state index in [-0.39, 0.29) is 35.3 Å². The average Bonchev–Trinajstić information content (AvgIpc) is 3.37. The zero-order valence-corrected chi connectivity index (χ0v) is 19.9. The van der Waals surface area contributed by atoms with Crippen molar-refractivity contribution in [2.24, 2.45) is 0 Å². The standard InChI is InChI=1S/C25H23N3O6S/c1-28(16-18-9-5-3-6-10-18)35(30,31)22-15-20(13-14-21(22)32-2)25(29)33-17-23-26-24(27-34-23)19-11-7-4-8-12-19/h3-15H,16-17H2,1-2H3. The molecular formula is C25H23N3O6S. The van der Waals surface area contributed by atoms with Crippen molar-refractivity contribution in [2.75, 3.05) is 14.2 Å². The summed E-state index contributed by atoms with van der Waals surface area (Å²) < 4.78 is 43.4. The van der Waals surface area contributed by atoms with Crippen LogP contribution >= 0.6 is 0 Å². The van der Waals surface area contributed by atoms with Gasteiger partial charge in [0.25, 0.3) is 5.89 Å². The Hall–Kier alpha value is -4.02. The predicted molar refractivity (Wildman–Crippen MR) is 127 cm³/mol. The second-order valence-corrected chi connectivity index (χ2v) is 9.58. The number of hydrogen-bond acceptors (Lipinski definition) is 8. The summed E-state index contributed by atoms with van der Waals surface area (Å²) in [7, 11) is -1.14. The van der Waals surface area contributed by atoms with Gasteiger partial charge >= 0.3 is 5.97 Å². The van der Waals surface area contributed by atoms with Crippen LogP contribution < -0.4 is 4.74 Å². The normalized spacial score (nSPS) is 11.4. The van der Waals surface area contributed by atoms with Crippen LogP contribution in [0.1, 0.15) is 21.8 Å². The lowest BCUT2D eigenvalue weighted by Gasteiger charge is -2.19. The molecule has 1 heterocycles. The third kappa shape index (κ3) is 5.56. The summed E-state index contributed by atoms with van der Waals surface area (Å²) in [5.74, 6) is -0.141. The van der Waals surface area contributed by atoms with Gasteiger partial charge in [-0.15, -0.1) is 0 Å². The van der Waals surface area contributed by atoms with Crippen molar-refractivity contribution in [3.8, 4) is 17.1 Å². The summed E-state index contributed by atoms with van der Waals surface area (Å²) >= 11 is 0. The van der Waals surface area contributed by atoms with Gasteiger partial charge in [0.1, 0.15) is 10.6 Å². The van der Waals surface area contributed by atoms with Crippen LogP contribution in [0.2, 0.25) is 0 Å². The van der Waals surface area contributed by atoms with Crippen molar-refractivity contribution in [1.29, 1.82) is 0 Å². The minimum atomic E-state index is -3.97. The molecule has 0 amide bonds. The number of carbonyl (C=O) groups excluding carboxylic acids is 1. The molecule has 0 N–H and O–H groups in total. The number of benzene rings is 3. The third-order valence-corrected chi connectivity index (χ3v) is 6.99. The van der Waals surface area contributed by atoms with Gasteiger partial charge in [-0.05, 0) is 23.8 Å².